The summed E-state index contributed by atoms with van der Waals surface area (Å²) in [5.41, 5.74) is 1.72. The minimum Gasteiger partial charge on any atom is -0.461 e. The maximum atomic E-state index is 9.65. The molecule has 2 heterocycles. The van der Waals surface area contributed by atoms with Gasteiger partial charge in [0, 0.05) is 5.02 Å². The molecule has 0 aliphatic rings. The molecule has 0 spiro atoms. The second-order valence-electron chi connectivity index (χ2n) is 4.51. The Morgan fingerprint density at radius 1 is 1.42 bits per heavy atom. The van der Waals surface area contributed by atoms with Crippen LogP contribution in [0, 0.1) is 0 Å². The van der Waals surface area contributed by atoms with E-state index in [0.29, 0.717) is 23.2 Å². The number of imidazole rings is 1. The van der Waals surface area contributed by atoms with Crippen molar-refractivity contribution >= 4 is 22.6 Å². The molecule has 0 aliphatic carbocycles. The van der Waals surface area contributed by atoms with E-state index in [-0.39, 0.29) is 0 Å². The topological polar surface area (TPSA) is 51.2 Å². The first-order valence-electron chi connectivity index (χ1n) is 6.03. The number of furan rings is 1. The van der Waals surface area contributed by atoms with Crippen LogP contribution in [0.5, 0.6) is 0 Å². The van der Waals surface area contributed by atoms with Gasteiger partial charge in [-0.3, -0.25) is 0 Å². The highest BCUT2D eigenvalue weighted by Gasteiger charge is 2.16. The highest BCUT2D eigenvalue weighted by Crippen LogP contribution is 2.27. The number of aromatic nitrogens is 2. The number of aliphatic hydroxyl groups is 1. The third kappa shape index (κ3) is 2.25. The highest BCUT2D eigenvalue weighted by molar-refractivity contribution is 6.31. The van der Waals surface area contributed by atoms with Crippen molar-refractivity contribution in [2.24, 2.45) is 0 Å². The molecule has 1 atom stereocenters. The average molecular weight is 277 g/mol. The number of benzene rings is 1. The van der Waals surface area contributed by atoms with Crippen LogP contribution in [-0.2, 0) is 6.54 Å². The summed E-state index contributed by atoms with van der Waals surface area (Å²) in [6.07, 6.45) is 1.13. The summed E-state index contributed by atoms with van der Waals surface area (Å²) >= 11 is 5.99. The minimum absolute atomic E-state index is 0.453. The fourth-order valence-corrected chi connectivity index (χ4v) is 2.31. The lowest BCUT2D eigenvalue weighted by Crippen LogP contribution is -2.12. The quantitative estimate of drug-likeness (QED) is 0.798. The Morgan fingerprint density at radius 3 is 2.95 bits per heavy atom. The van der Waals surface area contributed by atoms with Crippen LogP contribution in [-0.4, -0.2) is 20.8 Å². The SMILES string of the molecule is CC(O)Cn1c(-c2ccco2)nc2cc(Cl)ccc21. The summed E-state index contributed by atoms with van der Waals surface area (Å²) < 4.78 is 7.34. The summed E-state index contributed by atoms with van der Waals surface area (Å²) in [5, 5.41) is 10.3. The van der Waals surface area contributed by atoms with Crippen LogP contribution < -0.4 is 0 Å². The van der Waals surface area contributed by atoms with E-state index in [9.17, 15) is 5.11 Å². The third-order valence-electron chi connectivity index (χ3n) is 2.90. The van der Waals surface area contributed by atoms with Gasteiger partial charge in [-0.15, -0.1) is 0 Å². The molecule has 3 rings (SSSR count). The lowest BCUT2D eigenvalue weighted by Gasteiger charge is -2.09. The van der Waals surface area contributed by atoms with Crippen molar-refractivity contribution in [2.45, 2.75) is 19.6 Å². The van der Waals surface area contributed by atoms with Crippen molar-refractivity contribution in [3.05, 3.63) is 41.6 Å². The molecule has 4 nitrogen and oxygen atoms in total. The largest absolute Gasteiger partial charge is 0.461 e. The van der Waals surface area contributed by atoms with Gasteiger partial charge >= 0.3 is 0 Å². The van der Waals surface area contributed by atoms with Gasteiger partial charge in [0.05, 0.1) is 29.9 Å². The number of aliphatic hydroxyl groups excluding tert-OH is 1. The van der Waals surface area contributed by atoms with Crippen LogP contribution >= 0.6 is 11.6 Å². The Labute approximate surface area is 115 Å². The van der Waals surface area contributed by atoms with Crippen LogP contribution in [0.4, 0.5) is 0 Å². The Bertz CT molecular complexity index is 702. The number of halogens is 1. The van der Waals surface area contributed by atoms with Crippen LogP contribution in [0.25, 0.3) is 22.6 Å². The molecule has 98 valence electrons. The van der Waals surface area contributed by atoms with E-state index in [4.69, 9.17) is 16.0 Å². The number of fused-ring (bicyclic) bond motifs is 1. The first kappa shape index (κ1) is 12.3. The maximum absolute atomic E-state index is 9.65. The molecule has 0 radical (unpaired) electrons. The van der Waals surface area contributed by atoms with Gasteiger partial charge < -0.3 is 14.1 Å². The summed E-state index contributed by atoms with van der Waals surface area (Å²) in [4.78, 5) is 4.54. The van der Waals surface area contributed by atoms with Gasteiger partial charge in [0.15, 0.2) is 11.6 Å². The normalized spacial score (nSPS) is 13.0. The predicted molar refractivity (Wildman–Crippen MR) is 74.1 cm³/mol. The summed E-state index contributed by atoms with van der Waals surface area (Å²) in [7, 11) is 0. The molecule has 0 aliphatic heterocycles. The van der Waals surface area contributed by atoms with Crippen LogP contribution in [0.1, 0.15) is 6.92 Å². The molecular weight excluding hydrogens is 264 g/mol. The summed E-state index contributed by atoms with van der Waals surface area (Å²) in [6.45, 7) is 2.20. The monoisotopic (exact) mass is 276 g/mol. The zero-order valence-electron chi connectivity index (χ0n) is 10.4. The van der Waals surface area contributed by atoms with Crippen LogP contribution in [0.2, 0.25) is 5.02 Å². The van der Waals surface area contributed by atoms with E-state index in [1.807, 2.05) is 34.9 Å². The first-order valence-corrected chi connectivity index (χ1v) is 6.40. The van der Waals surface area contributed by atoms with Crippen molar-refractivity contribution in [2.75, 3.05) is 0 Å². The molecule has 1 N–H and O–H groups in total. The van der Waals surface area contributed by atoms with E-state index < -0.39 is 6.10 Å². The van der Waals surface area contributed by atoms with Crippen LogP contribution in [0.3, 0.4) is 0 Å². The lowest BCUT2D eigenvalue weighted by molar-refractivity contribution is 0.175. The number of nitrogens with zero attached hydrogens (tertiary/aromatic N) is 2. The molecule has 2 aromatic heterocycles. The van der Waals surface area contributed by atoms with Gasteiger partial charge in [-0.25, -0.2) is 4.98 Å². The fourth-order valence-electron chi connectivity index (χ4n) is 2.15. The maximum Gasteiger partial charge on any atom is 0.177 e. The average Bonchev–Trinajstić information content (AvgIpc) is 2.96. The molecule has 1 aromatic carbocycles. The molecule has 0 fully saturated rings. The van der Waals surface area contributed by atoms with Gasteiger partial charge in [0.1, 0.15) is 0 Å². The third-order valence-corrected chi connectivity index (χ3v) is 3.13. The van der Waals surface area contributed by atoms with E-state index >= 15 is 0 Å². The minimum atomic E-state index is -0.471. The van der Waals surface area contributed by atoms with E-state index in [1.54, 1.807) is 13.2 Å². The van der Waals surface area contributed by atoms with Gasteiger partial charge in [0.2, 0.25) is 0 Å². The zero-order chi connectivity index (χ0) is 13.4. The summed E-state index contributed by atoms with van der Waals surface area (Å²) in [5.74, 6) is 1.37. The van der Waals surface area contributed by atoms with Crippen molar-refractivity contribution in [3.8, 4) is 11.6 Å². The standard InChI is InChI=1S/C14H13ClN2O2/c1-9(18)8-17-12-5-4-10(15)7-11(12)16-14(17)13-3-2-6-19-13/h2-7,9,18H,8H2,1H3. The van der Waals surface area contributed by atoms with Crippen LogP contribution in [0.15, 0.2) is 41.0 Å². The van der Waals surface area contributed by atoms with Crippen molar-refractivity contribution in [1.29, 1.82) is 0 Å². The zero-order valence-corrected chi connectivity index (χ0v) is 11.1. The van der Waals surface area contributed by atoms with Gasteiger partial charge in [-0.2, -0.15) is 0 Å². The molecule has 1 unspecified atom stereocenters. The smallest absolute Gasteiger partial charge is 0.177 e. The van der Waals surface area contributed by atoms with Crippen molar-refractivity contribution < 1.29 is 9.52 Å². The molecule has 0 saturated carbocycles. The number of hydrogen-bond donors (Lipinski definition) is 1. The lowest BCUT2D eigenvalue weighted by atomic mass is 10.3. The van der Waals surface area contributed by atoms with Gasteiger partial charge in [0.25, 0.3) is 0 Å². The molecular formula is C14H13ClN2O2. The molecule has 0 saturated heterocycles. The molecule has 0 bridgehead atoms. The Morgan fingerprint density at radius 2 is 2.26 bits per heavy atom. The molecule has 19 heavy (non-hydrogen) atoms. The highest BCUT2D eigenvalue weighted by atomic mass is 35.5. The second-order valence-corrected chi connectivity index (χ2v) is 4.94. The fraction of sp³-hybridized carbons (Fsp3) is 0.214. The summed E-state index contributed by atoms with van der Waals surface area (Å²) in [6, 6.07) is 9.19. The van der Waals surface area contributed by atoms with E-state index in [2.05, 4.69) is 4.98 Å². The van der Waals surface area contributed by atoms with E-state index in [0.717, 1.165) is 11.0 Å². The molecule has 0 amide bonds. The van der Waals surface area contributed by atoms with Gasteiger partial charge in [-0.1, -0.05) is 11.6 Å². The number of rotatable bonds is 3. The van der Waals surface area contributed by atoms with E-state index in [1.165, 1.54) is 0 Å². The molecule has 3 aromatic rings. The Balaban J connectivity index is 2.24. The predicted octanol–water partition coefficient (Wildman–Crippen LogP) is 3.33. The van der Waals surface area contributed by atoms with Crippen molar-refractivity contribution in [3.63, 3.8) is 0 Å². The number of hydrogen-bond acceptors (Lipinski definition) is 3. The second kappa shape index (κ2) is 4.72. The first-order chi connectivity index (χ1) is 9.15. The Hall–Kier alpha value is -1.78. The molecule has 5 heteroatoms. The van der Waals surface area contributed by atoms with Crippen molar-refractivity contribution in [1.82, 2.24) is 9.55 Å². The Kier molecular flexibility index (Phi) is 3.05. The van der Waals surface area contributed by atoms with Gasteiger partial charge in [-0.05, 0) is 37.3 Å².